The maximum Gasteiger partial charge on any atom is 0.241 e. The maximum atomic E-state index is 12.8. The van der Waals surface area contributed by atoms with Gasteiger partial charge in [0.25, 0.3) is 0 Å². The molecule has 128 valence electrons. The molecule has 3 nitrogen and oxygen atoms in total. The van der Waals surface area contributed by atoms with E-state index in [9.17, 15) is 8.42 Å². The first-order chi connectivity index (χ1) is 12.1. The summed E-state index contributed by atoms with van der Waals surface area (Å²) in [6, 6.07) is 27.8. The number of nitrogens with one attached hydrogen (secondary N) is 1. The molecule has 0 aliphatic rings. The molecule has 0 saturated carbocycles. The van der Waals surface area contributed by atoms with Crippen molar-refractivity contribution in [3.63, 3.8) is 0 Å². The Bertz CT molecular complexity index is 894. The monoisotopic (exact) mass is 351 g/mol. The van der Waals surface area contributed by atoms with E-state index in [1.807, 2.05) is 67.6 Å². The molecule has 2 unspecified atom stereocenters. The van der Waals surface area contributed by atoms with Crippen LogP contribution >= 0.6 is 0 Å². The highest BCUT2D eigenvalue weighted by molar-refractivity contribution is 7.89. The Morgan fingerprint density at radius 1 is 0.680 bits per heavy atom. The highest BCUT2D eigenvalue weighted by atomic mass is 32.2. The van der Waals surface area contributed by atoms with E-state index in [-0.39, 0.29) is 16.9 Å². The normalized spacial score (nSPS) is 14.0. The molecule has 2 atom stereocenters. The van der Waals surface area contributed by atoms with Crippen LogP contribution < -0.4 is 4.72 Å². The average molecular weight is 351 g/mol. The molecule has 3 rings (SSSR count). The first kappa shape index (κ1) is 17.4. The molecule has 3 aromatic rings. The Hall–Kier alpha value is -2.43. The molecular formula is C21H21NO2S. The Labute approximate surface area is 149 Å². The van der Waals surface area contributed by atoms with Gasteiger partial charge >= 0.3 is 0 Å². The third-order valence-electron chi connectivity index (χ3n) is 4.32. The number of rotatable bonds is 6. The summed E-state index contributed by atoms with van der Waals surface area (Å²) < 4.78 is 28.6. The number of hydrogen-bond acceptors (Lipinski definition) is 2. The topological polar surface area (TPSA) is 46.2 Å². The Kier molecular flexibility index (Phi) is 5.31. The van der Waals surface area contributed by atoms with Crippen molar-refractivity contribution in [2.45, 2.75) is 23.8 Å². The minimum absolute atomic E-state index is 0.0120. The minimum Gasteiger partial charge on any atom is -0.207 e. The molecule has 0 spiro atoms. The SMILES string of the molecule is CC(c1ccccc1)C(NS(=O)(=O)c1ccccc1)c1ccccc1. The van der Waals surface area contributed by atoms with Crippen LogP contribution in [-0.2, 0) is 10.0 Å². The van der Waals surface area contributed by atoms with Crippen LogP contribution in [0.25, 0.3) is 0 Å². The van der Waals surface area contributed by atoms with Gasteiger partial charge in [0.15, 0.2) is 0 Å². The van der Waals surface area contributed by atoms with Crippen molar-refractivity contribution in [2.24, 2.45) is 0 Å². The summed E-state index contributed by atoms with van der Waals surface area (Å²) in [4.78, 5) is 0.274. The summed E-state index contributed by atoms with van der Waals surface area (Å²) in [7, 11) is -3.61. The van der Waals surface area contributed by atoms with Crippen molar-refractivity contribution in [1.29, 1.82) is 0 Å². The smallest absolute Gasteiger partial charge is 0.207 e. The zero-order valence-electron chi connectivity index (χ0n) is 14.0. The molecule has 25 heavy (non-hydrogen) atoms. The van der Waals surface area contributed by atoms with Crippen LogP contribution in [0.4, 0.5) is 0 Å². The minimum atomic E-state index is -3.61. The lowest BCUT2D eigenvalue weighted by molar-refractivity contribution is 0.516. The Balaban J connectivity index is 1.98. The molecule has 0 fully saturated rings. The summed E-state index contributed by atoms with van der Waals surface area (Å²) >= 11 is 0. The Morgan fingerprint density at radius 3 is 1.64 bits per heavy atom. The van der Waals surface area contributed by atoms with Crippen molar-refractivity contribution >= 4 is 10.0 Å². The van der Waals surface area contributed by atoms with Crippen molar-refractivity contribution in [2.75, 3.05) is 0 Å². The standard InChI is InChI=1S/C21H21NO2S/c1-17(18-11-5-2-6-12-18)21(19-13-7-3-8-14-19)22-25(23,24)20-15-9-4-10-16-20/h2-17,21-22H,1H3. The maximum absolute atomic E-state index is 12.8. The molecule has 0 radical (unpaired) electrons. The molecule has 0 aliphatic heterocycles. The van der Waals surface area contributed by atoms with Crippen LogP contribution in [0.2, 0.25) is 0 Å². The third-order valence-corrected chi connectivity index (χ3v) is 5.78. The van der Waals surface area contributed by atoms with E-state index >= 15 is 0 Å². The second-order valence-corrected chi connectivity index (χ2v) is 7.74. The van der Waals surface area contributed by atoms with Gasteiger partial charge in [0, 0.05) is 5.92 Å². The van der Waals surface area contributed by atoms with Gasteiger partial charge in [-0.15, -0.1) is 0 Å². The number of benzene rings is 3. The van der Waals surface area contributed by atoms with Crippen LogP contribution in [0.5, 0.6) is 0 Å². The van der Waals surface area contributed by atoms with Gasteiger partial charge in [0.05, 0.1) is 10.9 Å². The second-order valence-electron chi connectivity index (χ2n) is 6.02. The van der Waals surface area contributed by atoms with E-state index in [0.717, 1.165) is 11.1 Å². The summed E-state index contributed by atoms with van der Waals surface area (Å²) in [6.07, 6.45) is 0. The van der Waals surface area contributed by atoms with Crippen LogP contribution in [0, 0.1) is 0 Å². The van der Waals surface area contributed by atoms with Crippen LogP contribution in [0.1, 0.15) is 30.0 Å². The van der Waals surface area contributed by atoms with E-state index in [1.54, 1.807) is 30.3 Å². The van der Waals surface area contributed by atoms with Gasteiger partial charge in [-0.3, -0.25) is 0 Å². The second kappa shape index (κ2) is 7.64. The highest BCUT2D eigenvalue weighted by Gasteiger charge is 2.26. The molecule has 0 aromatic heterocycles. The first-order valence-corrected chi connectivity index (χ1v) is 9.73. The molecule has 1 N–H and O–H groups in total. The van der Waals surface area contributed by atoms with E-state index in [1.165, 1.54) is 0 Å². The third kappa shape index (κ3) is 4.16. The van der Waals surface area contributed by atoms with Crippen molar-refractivity contribution < 1.29 is 8.42 Å². The molecule has 0 aliphatic carbocycles. The number of hydrogen-bond donors (Lipinski definition) is 1. The van der Waals surface area contributed by atoms with Crippen LogP contribution in [-0.4, -0.2) is 8.42 Å². The zero-order valence-corrected chi connectivity index (χ0v) is 14.9. The molecular weight excluding hydrogens is 330 g/mol. The van der Waals surface area contributed by atoms with Gasteiger partial charge in [-0.05, 0) is 23.3 Å². The average Bonchev–Trinajstić information content (AvgIpc) is 2.68. The fourth-order valence-electron chi connectivity index (χ4n) is 2.90. The van der Waals surface area contributed by atoms with Crippen LogP contribution in [0.3, 0.4) is 0 Å². The summed E-state index contributed by atoms with van der Waals surface area (Å²) in [5.74, 6) is -0.0120. The molecule has 3 aromatic carbocycles. The molecule has 0 amide bonds. The van der Waals surface area contributed by atoms with Crippen molar-refractivity contribution in [3.05, 3.63) is 102 Å². The van der Waals surface area contributed by atoms with Gasteiger partial charge in [0.1, 0.15) is 0 Å². The summed E-state index contributed by atoms with van der Waals surface area (Å²) in [6.45, 7) is 2.04. The molecule has 0 saturated heterocycles. The predicted octanol–water partition coefficient (Wildman–Crippen LogP) is 4.51. The van der Waals surface area contributed by atoms with Gasteiger partial charge in [-0.2, -0.15) is 0 Å². The lowest BCUT2D eigenvalue weighted by Crippen LogP contribution is -2.32. The van der Waals surface area contributed by atoms with Gasteiger partial charge in [-0.25, -0.2) is 13.1 Å². The van der Waals surface area contributed by atoms with E-state index < -0.39 is 10.0 Å². The van der Waals surface area contributed by atoms with Gasteiger partial charge in [-0.1, -0.05) is 85.8 Å². The lowest BCUT2D eigenvalue weighted by Gasteiger charge is -2.26. The molecule has 0 heterocycles. The Morgan fingerprint density at radius 2 is 1.12 bits per heavy atom. The molecule has 0 bridgehead atoms. The summed E-state index contributed by atoms with van der Waals surface area (Å²) in [5.41, 5.74) is 2.03. The first-order valence-electron chi connectivity index (χ1n) is 8.25. The number of sulfonamides is 1. The largest absolute Gasteiger partial charge is 0.241 e. The predicted molar refractivity (Wildman–Crippen MR) is 101 cm³/mol. The lowest BCUT2D eigenvalue weighted by atomic mass is 9.89. The van der Waals surface area contributed by atoms with E-state index in [4.69, 9.17) is 0 Å². The van der Waals surface area contributed by atoms with Gasteiger partial charge < -0.3 is 0 Å². The fourth-order valence-corrected chi connectivity index (χ4v) is 4.23. The van der Waals surface area contributed by atoms with Crippen LogP contribution in [0.15, 0.2) is 95.9 Å². The summed E-state index contributed by atoms with van der Waals surface area (Å²) in [5, 5.41) is 0. The zero-order chi connectivity index (χ0) is 17.7. The quantitative estimate of drug-likeness (QED) is 0.710. The highest BCUT2D eigenvalue weighted by Crippen LogP contribution is 2.32. The van der Waals surface area contributed by atoms with Crippen molar-refractivity contribution in [1.82, 2.24) is 4.72 Å². The van der Waals surface area contributed by atoms with E-state index in [2.05, 4.69) is 4.72 Å². The van der Waals surface area contributed by atoms with E-state index in [0.29, 0.717) is 0 Å². The fraction of sp³-hybridized carbons (Fsp3) is 0.143. The molecule has 4 heteroatoms. The van der Waals surface area contributed by atoms with Gasteiger partial charge in [0.2, 0.25) is 10.0 Å². The van der Waals surface area contributed by atoms with Crippen molar-refractivity contribution in [3.8, 4) is 0 Å².